The monoisotopic (exact) mass is 347 g/mol. The molecular weight excluding hydrogens is 321 g/mol. The van der Waals surface area contributed by atoms with E-state index in [1.54, 1.807) is 30.3 Å². The molecule has 0 saturated carbocycles. The fraction of sp³-hybridized carbons (Fsp3) is 0.474. The summed E-state index contributed by atoms with van der Waals surface area (Å²) in [5, 5.41) is 0. The van der Waals surface area contributed by atoms with Crippen LogP contribution in [0, 0.1) is 11.7 Å². The molecule has 2 rings (SSSR count). The normalized spacial score (nSPS) is 11.1. The first kappa shape index (κ1) is 19.1. The summed E-state index contributed by atoms with van der Waals surface area (Å²) < 4.78 is 20.9. The third kappa shape index (κ3) is 5.67. The third-order valence-corrected chi connectivity index (χ3v) is 3.93. The van der Waals surface area contributed by atoms with Gasteiger partial charge < -0.3 is 14.2 Å². The number of nitrogens with zero attached hydrogens (tertiary/aromatic N) is 3. The Hall–Kier alpha value is -2.21. The van der Waals surface area contributed by atoms with Gasteiger partial charge in [0.25, 0.3) is 0 Å². The van der Waals surface area contributed by atoms with Crippen LogP contribution in [0.15, 0.2) is 36.7 Å². The molecule has 1 heterocycles. The lowest BCUT2D eigenvalue weighted by Gasteiger charge is -2.23. The second-order valence-corrected chi connectivity index (χ2v) is 6.47. The minimum atomic E-state index is -0.241. The molecule has 0 unspecified atom stereocenters. The number of carbonyl (C=O) groups is 1. The van der Waals surface area contributed by atoms with Crippen LogP contribution in [0.3, 0.4) is 0 Å². The van der Waals surface area contributed by atoms with Crippen LogP contribution >= 0.6 is 0 Å². The molecule has 0 saturated heterocycles. The van der Waals surface area contributed by atoms with Crippen molar-refractivity contribution < 1.29 is 13.9 Å². The Morgan fingerprint density at radius 1 is 1.36 bits per heavy atom. The zero-order valence-electron chi connectivity index (χ0n) is 15.1. The molecule has 0 aliphatic rings. The fourth-order valence-corrected chi connectivity index (χ4v) is 2.59. The van der Waals surface area contributed by atoms with Gasteiger partial charge in [-0.15, -0.1) is 0 Å². The molecule has 5 nitrogen and oxygen atoms in total. The van der Waals surface area contributed by atoms with Gasteiger partial charge in [0.2, 0.25) is 5.91 Å². The molecule has 0 radical (unpaired) electrons. The van der Waals surface area contributed by atoms with Crippen molar-refractivity contribution in [2.24, 2.45) is 5.92 Å². The predicted molar refractivity (Wildman–Crippen MR) is 94.5 cm³/mol. The van der Waals surface area contributed by atoms with E-state index in [2.05, 4.69) is 4.98 Å². The van der Waals surface area contributed by atoms with Crippen molar-refractivity contribution in [3.8, 4) is 0 Å². The van der Waals surface area contributed by atoms with Crippen LogP contribution in [0.1, 0.15) is 31.7 Å². The maximum Gasteiger partial charge on any atom is 0.223 e. The molecule has 0 atom stereocenters. The molecule has 136 valence electrons. The molecule has 1 aromatic heterocycles. The first-order chi connectivity index (χ1) is 12.0. The number of carbonyl (C=O) groups excluding carboxylic acids is 1. The minimum absolute atomic E-state index is 0.0764. The smallest absolute Gasteiger partial charge is 0.223 e. The topological polar surface area (TPSA) is 47.4 Å². The van der Waals surface area contributed by atoms with E-state index < -0.39 is 0 Å². The molecule has 0 aliphatic carbocycles. The molecule has 0 aliphatic heterocycles. The standard InChI is InChI=1S/C19H26FN3O2/c1-15(2)12-19(24)23(10-11-25-3)14-18-21-8-9-22(18)13-16-6-4-5-7-17(16)20/h4-9,15H,10-14H2,1-3H3. The minimum Gasteiger partial charge on any atom is -0.383 e. The summed E-state index contributed by atoms with van der Waals surface area (Å²) in [6, 6.07) is 6.69. The molecule has 0 bridgehead atoms. The molecular formula is C19H26FN3O2. The van der Waals surface area contributed by atoms with Crippen molar-refractivity contribution >= 4 is 5.91 Å². The van der Waals surface area contributed by atoms with Gasteiger partial charge in [0.05, 0.1) is 19.7 Å². The Morgan fingerprint density at radius 3 is 2.80 bits per heavy atom. The summed E-state index contributed by atoms with van der Waals surface area (Å²) in [5.41, 5.74) is 0.596. The van der Waals surface area contributed by atoms with Gasteiger partial charge >= 0.3 is 0 Å². The van der Waals surface area contributed by atoms with Crippen molar-refractivity contribution in [2.45, 2.75) is 33.4 Å². The Bertz CT molecular complexity index is 685. The van der Waals surface area contributed by atoms with Crippen molar-refractivity contribution in [3.05, 3.63) is 53.9 Å². The molecule has 1 amide bonds. The Labute approximate surface area is 148 Å². The molecule has 0 spiro atoms. The maximum atomic E-state index is 13.9. The van der Waals surface area contributed by atoms with Crippen molar-refractivity contribution in [3.63, 3.8) is 0 Å². The fourth-order valence-electron chi connectivity index (χ4n) is 2.59. The van der Waals surface area contributed by atoms with Crippen LogP contribution in [-0.2, 0) is 22.6 Å². The first-order valence-corrected chi connectivity index (χ1v) is 8.51. The zero-order chi connectivity index (χ0) is 18.2. The van der Waals surface area contributed by atoms with E-state index in [1.165, 1.54) is 6.07 Å². The maximum absolute atomic E-state index is 13.9. The number of halogens is 1. The summed E-state index contributed by atoms with van der Waals surface area (Å²) in [4.78, 5) is 18.6. The van der Waals surface area contributed by atoms with E-state index in [0.29, 0.717) is 38.2 Å². The highest BCUT2D eigenvalue weighted by Crippen LogP contribution is 2.13. The largest absolute Gasteiger partial charge is 0.383 e. The molecule has 25 heavy (non-hydrogen) atoms. The summed E-state index contributed by atoms with van der Waals surface area (Å²) in [6.45, 7) is 5.79. The molecule has 2 aromatic rings. The summed E-state index contributed by atoms with van der Waals surface area (Å²) in [7, 11) is 1.62. The number of amides is 1. The van der Waals surface area contributed by atoms with Crippen LogP contribution in [0.25, 0.3) is 0 Å². The molecule has 0 N–H and O–H groups in total. The van der Waals surface area contributed by atoms with Crippen LogP contribution < -0.4 is 0 Å². The number of ether oxygens (including phenoxy) is 1. The van der Waals surface area contributed by atoms with Crippen molar-refractivity contribution in [2.75, 3.05) is 20.3 Å². The van der Waals surface area contributed by atoms with Gasteiger partial charge in [-0.25, -0.2) is 9.37 Å². The molecule has 1 aromatic carbocycles. The summed E-state index contributed by atoms with van der Waals surface area (Å²) >= 11 is 0. The zero-order valence-corrected chi connectivity index (χ0v) is 15.1. The van der Waals surface area contributed by atoms with Crippen LogP contribution in [0.2, 0.25) is 0 Å². The lowest BCUT2D eigenvalue weighted by Crippen LogP contribution is -2.35. The van der Waals surface area contributed by atoms with Crippen molar-refractivity contribution in [1.29, 1.82) is 0 Å². The lowest BCUT2D eigenvalue weighted by atomic mass is 10.1. The highest BCUT2D eigenvalue weighted by Gasteiger charge is 2.18. The Morgan fingerprint density at radius 2 is 2.12 bits per heavy atom. The van der Waals surface area contributed by atoms with Crippen LogP contribution in [0.4, 0.5) is 4.39 Å². The van der Waals surface area contributed by atoms with Gasteiger partial charge in [-0.3, -0.25) is 4.79 Å². The Kier molecular flexibility index (Phi) is 7.13. The predicted octanol–water partition coefficient (Wildman–Crippen LogP) is 3.09. The second kappa shape index (κ2) is 9.32. The van der Waals surface area contributed by atoms with E-state index in [-0.39, 0.29) is 17.6 Å². The quantitative estimate of drug-likeness (QED) is 0.700. The van der Waals surface area contributed by atoms with E-state index in [4.69, 9.17) is 4.74 Å². The molecule has 6 heteroatoms. The highest BCUT2D eigenvalue weighted by atomic mass is 19.1. The number of rotatable bonds is 9. The average Bonchev–Trinajstić information content (AvgIpc) is 2.99. The van der Waals surface area contributed by atoms with E-state index in [0.717, 1.165) is 5.82 Å². The number of aromatic nitrogens is 2. The Balaban J connectivity index is 2.13. The average molecular weight is 347 g/mol. The van der Waals surface area contributed by atoms with Crippen molar-refractivity contribution in [1.82, 2.24) is 14.5 Å². The van der Waals surface area contributed by atoms with Gasteiger partial charge in [0.15, 0.2) is 0 Å². The lowest BCUT2D eigenvalue weighted by molar-refractivity contribution is -0.133. The van der Waals surface area contributed by atoms with E-state index >= 15 is 0 Å². The number of hydrogen-bond acceptors (Lipinski definition) is 3. The number of benzene rings is 1. The van der Waals surface area contributed by atoms with E-state index in [1.807, 2.05) is 30.7 Å². The SMILES string of the molecule is COCCN(Cc1nccn1Cc1ccccc1F)C(=O)CC(C)C. The van der Waals surface area contributed by atoms with Crippen LogP contribution in [0.5, 0.6) is 0 Å². The third-order valence-electron chi connectivity index (χ3n) is 3.93. The summed E-state index contributed by atoms with van der Waals surface area (Å²) in [5.74, 6) is 0.855. The van der Waals surface area contributed by atoms with Gasteiger partial charge in [-0.05, 0) is 12.0 Å². The van der Waals surface area contributed by atoms with Gasteiger partial charge in [0.1, 0.15) is 11.6 Å². The van der Waals surface area contributed by atoms with Gasteiger partial charge in [0, 0.05) is 38.0 Å². The van der Waals surface area contributed by atoms with Gasteiger partial charge in [-0.1, -0.05) is 32.0 Å². The van der Waals surface area contributed by atoms with E-state index in [9.17, 15) is 9.18 Å². The second-order valence-electron chi connectivity index (χ2n) is 6.47. The number of imidazole rings is 1. The number of hydrogen-bond donors (Lipinski definition) is 0. The highest BCUT2D eigenvalue weighted by molar-refractivity contribution is 5.76. The van der Waals surface area contributed by atoms with Crippen LogP contribution in [-0.4, -0.2) is 40.6 Å². The summed E-state index contributed by atoms with van der Waals surface area (Å²) in [6.07, 6.45) is 3.97. The number of methoxy groups -OCH3 is 1. The van der Waals surface area contributed by atoms with Gasteiger partial charge in [-0.2, -0.15) is 0 Å². The first-order valence-electron chi connectivity index (χ1n) is 8.51. The molecule has 0 fully saturated rings.